The predicted molar refractivity (Wildman–Crippen MR) is 68.1 cm³/mol. The highest BCUT2D eigenvalue weighted by atomic mass is 35.5. The first-order valence-electron chi connectivity index (χ1n) is 5.77. The second-order valence-corrected chi connectivity index (χ2v) is 5.47. The molecule has 88 valence electrons. The van der Waals surface area contributed by atoms with Crippen LogP contribution in [0.2, 0.25) is 10.0 Å². The van der Waals surface area contributed by atoms with Gasteiger partial charge in [-0.15, -0.1) is 0 Å². The largest absolute Gasteiger partial charge is 0.393 e. The van der Waals surface area contributed by atoms with Gasteiger partial charge < -0.3 is 5.11 Å². The van der Waals surface area contributed by atoms with Crippen LogP contribution in [0.4, 0.5) is 0 Å². The van der Waals surface area contributed by atoms with Gasteiger partial charge >= 0.3 is 0 Å². The van der Waals surface area contributed by atoms with E-state index >= 15 is 0 Å². The third kappa shape index (κ3) is 3.13. The molecular weight excluding hydrogens is 243 g/mol. The molecule has 3 heteroatoms. The molecule has 1 saturated carbocycles. The fourth-order valence-electron chi connectivity index (χ4n) is 2.15. The summed E-state index contributed by atoms with van der Waals surface area (Å²) >= 11 is 12.0. The van der Waals surface area contributed by atoms with E-state index in [1.807, 2.05) is 6.07 Å². The first-order valence-corrected chi connectivity index (χ1v) is 6.52. The third-order valence-electron chi connectivity index (χ3n) is 3.29. The molecular formula is C13H16Cl2O. The molecule has 1 aliphatic rings. The highest BCUT2D eigenvalue weighted by Crippen LogP contribution is 2.31. The molecule has 1 aromatic rings. The molecule has 1 N–H and O–H groups in total. The summed E-state index contributed by atoms with van der Waals surface area (Å²) in [6, 6.07) is 5.40. The Bertz CT molecular complexity index is 361. The molecule has 0 radical (unpaired) electrons. The Kier molecular flexibility index (Phi) is 4.12. The van der Waals surface area contributed by atoms with Crippen LogP contribution in [-0.4, -0.2) is 11.2 Å². The van der Waals surface area contributed by atoms with Crippen molar-refractivity contribution in [2.24, 2.45) is 5.92 Å². The second kappa shape index (κ2) is 5.39. The maximum absolute atomic E-state index is 9.95. The first kappa shape index (κ1) is 12.2. The molecule has 0 bridgehead atoms. The lowest BCUT2D eigenvalue weighted by molar-refractivity contribution is 0.118. The molecule has 16 heavy (non-hydrogen) atoms. The van der Waals surface area contributed by atoms with Gasteiger partial charge in [0, 0.05) is 10.0 Å². The topological polar surface area (TPSA) is 20.2 Å². The number of rotatable bonds is 4. The van der Waals surface area contributed by atoms with E-state index in [0.29, 0.717) is 22.4 Å². The van der Waals surface area contributed by atoms with Gasteiger partial charge in [-0.1, -0.05) is 42.5 Å². The van der Waals surface area contributed by atoms with Gasteiger partial charge in [-0.2, -0.15) is 0 Å². The van der Waals surface area contributed by atoms with Crippen LogP contribution in [0.15, 0.2) is 18.2 Å². The van der Waals surface area contributed by atoms with E-state index in [0.717, 1.165) is 12.0 Å². The van der Waals surface area contributed by atoms with E-state index in [4.69, 9.17) is 23.2 Å². The summed E-state index contributed by atoms with van der Waals surface area (Å²) in [5, 5.41) is 11.3. The minimum absolute atomic E-state index is 0.290. The SMILES string of the molecule is OC(Cc1cc(Cl)ccc1Cl)CC1CCC1. The standard InChI is InChI=1S/C13H16Cl2O/c14-11-4-5-13(15)10(7-11)8-12(16)6-9-2-1-3-9/h4-5,7,9,12,16H,1-3,6,8H2. The Morgan fingerprint density at radius 1 is 1.31 bits per heavy atom. The lowest BCUT2D eigenvalue weighted by atomic mass is 9.80. The average molecular weight is 259 g/mol. The zero-order valence-corrected chi connectivity index (χ0v) is 10.6. The number of hydrogen-bond donors (Lipinski definition) is 1. The van der Waals surface area contributed by atoms with Crippen molar-refractivity contribution in [3.63, 3.8) is 0 Å². The summed E-state index contributed by atoms with van der Waals surface area (Å²) in [6.07, 6.45) is 5.05. The van der Waals surface area contributed by atoms with E-state index < -0.39 is 0 Å². The summed E-state index contributed by atoms with van der Waals surface area (Å²) in [5.41, 5.74) is 0.945. The van der Waals surface area contributed by atoms with Gasteiger partial charge in [0.25, 0.3) is 0 Å². The highest BCUT2D eigenvalue weighted by molar-refractivity contribution is 6.33. The molecule has 0 spiro atoms. The van der Waals surface area contributed by atoms with Crippen molar-refractivity contribution in [3.8, 4) is 0 Å². The zero-order valence-electron chi connectivity index (χ0n) is 9.13. The van der Waals surface area contributed by atoms with Crippen LogP contribution < -0.4 is 0 Å². The molecule has 0 heterocycles. The Hall–Kier alpha value is -0.240. The molecule has 1 aliphatic carbocycles. The Labute approximate surface area is 106 Å². The number of benzene rings is 1. The van der Waals surface area contributed by atoms with Crippen LogP contribution in [0.25, 0.3) is 0 Å². The van der Waals surface area contributed by atoms with Crippen molar-refractivity contribution >= 4 is 23.2 Å². The smallest absolute Gasteiger partial charge is 0.0583 e. The first-order chi connectivity index (χ1) is 7.65. The monoisotopic (exact) mass is 258 g/mol. The van der Waals surface area contributed by atoms with Crippen LogP contribution in [0.1, 0.15) is 31.2 Å². The summed E-state index contributed by atoms with van der Waals surface area (Å²) < 4.78 is 0. The van der Waals surface area contributed by atoms with Gasteiger partial charge in [0.05, 0.1) is 6.10 Å². The zero-order chi connectivity index (χ0) is 11.5. The molecule has 0 saturated heterocycles. The fourth-order valence-corrected chi connectivity index (χ4v) is 2.54. The van der Waals surface area contributed by atoms with Crippen molar-refractivity contribution < 1.29 is 5.11 Å². The van der Waals surface area contributed by atoms with Gasteiger partial charge in [-0.3, -0.25) is 0 Å². The Morgan fingerprint density at radius 2 is 2.06 bits per heavy atom. The minimum Gasteiger partial charge on any atom is -0.393 e. The van der Waals surface area contributed by atoms with Gasteiger partial charge in [0.1, 0.15) is 0 Å². The molecule has 1 aromatic carbocycles. The predicted octanol–water partition coefficient (Wildman–Crippen LogP) is 4.09. The van der Waals surface area contributed by atoms with Crippen LogP contribution in [0.3, 0.4) is 0 Å². The highest BCUT2D eigenvalue weighted by Gasteiger charge is 2.21. The summed E-state index contributed by atoms with van der Waals surface area (Å²) in [7, 11) is 0. The number of aliphatic hydroxyl groups is 1. The molecule has 1 fully saturated rings. The fraction of sp³-hybridized carbons (Fsp3) is 0.538. The van der Waals surface area contributed by atoms with Crippen LogP contribution in [-0.2, 0) is 6.42 Å². The Morgan fingerprint density at radius 3 is 2.69 bits per heavy atom. The van der Waals surface area contributed by atoms with E-state index in [1.54, 1.807) is 12.1 Å². The Balaban J connectivity index is 1.93. The molecule has 0 amide bonds. The average Bonchev–Trinajstić information content (AvgIpc) is 2.18. The summed E-state index contributed by atoms with van der Waals surface area (Å²) in [6.45, 7) is 0. The van der Waals surface area contributed by atoms with Crippen molar-refractivity contribution in [1.82, 2.24) is 0 Å². The molecule has 1 nitrogen and oxygen atoms in total. The number of halogens is 2. The number of hydrogen-bond acceptors (Lipinski definition) is 1. The molecule has 2 rings (SSSR count). The quantitative estimate of drug-likeness (QED) is 0.863. The second-order valence-electron chi connectivity index (χ2n) is 4.63. The normalized spacial score (nSPS) is 18.2. The van der Waals surface area contributed by atoms with E-state index in [-0.39, 0.29) is 6.10 Å². The number of aliphatic hydroxyl groups excluding tert-OH is 1. The van der Waals surface area contributed by atoms with Gasteiger partial charge in [0.15, 0.2) is 0 Å². The molecule has 0 aromatic heterocycles. The summed E-state index contributed by atoms with van der Waals surface area (Å²) in [5.74, 6) is 0.716. The van der Waals surface area contributed by atoms with E-state index in [2.05, 4.69) is 0 Å². The minimum atomic E-state index is -0.290. The molecule has 0 aliphatic heterocycles. The summed E-state index contributed by atoms with van der Waals surface area (Å²) in [4.78, 5) is 0. The lowest BCUT2D eigenvalue weighted by Crippen LogP contribution is -2.21. The molecule has 1 unspecified atom stereocenters. The van der Waals surface area contributed by atoms with Crippen LogP contribution >= 0.6 is 23.2 Å². The van der Waals surface area contributed by atoms with Gasteiger partial charge in [-0.05, 0) is 42.5 Å². The molecule has 1 atom stereocenters. The van der Waals surface area contributed by atoms with Crippen molar-refractivity contribution in [1.29, 1.82) is 0 Å². The van der Waals surface area contributed by atoms with E-state index in [9.17, 15) is 5.11 Å². The lowest BCUT2D eigenvalue weighted by Gasteiger charge is -2.27. The van der Waals surface area contributed by atoms with Crippen molar-refractivity contribution in [2.45, 2.75) is 38.2 Å². The van der Waals surface area contributed by atoms with Gasteiger partial charge in [0.2, 0.25) is 0 Å². The maximum atomic E-state index is 9.95. The van der Waals surface area contributed by atoms with E-state index in [1.165, 1.54) is 19.3 Å². The van der Waals surface area contributed by atoms with Crippen LogP contribution in [0.5, 0.6) is 0 Å². The van der Waals surface area contributed by atoms with Crippen LogP contribution in [0, 0.1) is 5.92 Å². The van der Waals surface area contributed by atoms with Crippen molar-refractivity contribution in [2.75, 3.05) is 0 Å². The van der Waals surface area contributed by atoms with Gasteiger partial charge in [-0.25, -0.2) is 0 Å². The van der Waals surface area contributed by atoms with Crippen molar-refractivity contribution in [3.05, 3.63) is 33.8 Å². The maximum Gasteiger partial charge on any atom is 0.0583 e. The third-order valence-corrected chi connectivity index (χ3v) is 3.90.